The molecule has 1 aromatic heterocycles. The van der Waals surface area contributed by atoms with Crippen LogP contribution >= 0.6 is 0 Å². The number of amides is 3. The largest absolute Gasteiger partial charge is 0.468 e. The van der Waals surface area contributed by atoms with E-state index in [-0.39, 0.29) is 12.5 Å². The number of nitrogens with one attached hydrogen (secondary N) is 2. The SMILES string of the molecule is CN(CC(=O)NC(=O)NCCC1=CCCCC1)Cc1ccco1. The highest BCUT2D eigenvalue weighted by molar-refractivity contribution is 5.95. The van der Waals surface area contributed by atoms with E-state index < -0.39 is 6.03 Å². The van der Waals surface area contributed by atoms with Gasteiger partial charge in [0.2, 0.25) is 5.91 Å². The molecule has 6 nitrogen and oxygen atoms in total. The molecule has 0 bridgehead atoms. The van der Waals surface area contributed by atoms with E-state index in [2.05, 4.69) is 16.7 Å². The van der Waals surface area contributed by atoms with Crippen molar-refractivity contribution in [2.24, 2.45) is 0 Å². The van der Waals surface area contributed by atoms with Gasteiger partial charge in [0.05, 0.1) is 19.4 Å². The van der Waals surface area contributed by atoms with Crippen LogP contribution in [0.1, 0.15) is 37.9 Å². The molecule has 0 saturated carbocycles. The molecule has 1 heterocycles. The van der Waals surface area contributed by atoms with Gasteiger partial charge in [0, 0.05) is 6.54 Å². The maximum absolute atomic E-state index is 11.8. The molecule has 0 radical (unpaired) electrons. The van der Waals surface area contributed by atoms with E-state index in [0.717, 1.165) is 25.0 Å². The monoisotopic (exact) mass is 319 g/mol. The summed E-state index contributed by atoms with van der Waals surface area (Å²) >= 11 is 0. The van der Waals surface area contributed by atoms with Gasteiger partial charge >= 0.3 is 6.03 Å². The zero-order valence-corrected chi connectivity index (χ0v) is 13.6. The first-order valence-electron chi connectivity index (χ1n) is 8.10. The number of urea groups is 1. The predicted molar refractivity (Wildman–Crippen MR) is 87.8 cm³/mol. The molecular formula is C17H25N3O3. The maximum Gasteiger partial charge on any atom is 0.321 e. The standard InChI is InChI=1S/C17H25N3O3/c1-20(12-15-8-5-11-23-15)13-16(21)19-17(22)18-10-9-14-6-3-2-4-7-14/h5-6,8,11H,2-4,7,9-10,12-13H2,1H3,(H2,18,19,21,22). The van der Waals surface area contributed by atoms with Crippen LogP contribution in [0.3, 0.4) is 0 Å². The fraction of sp³-hybridized carbons (Fsp3) is 0.529. The molecule has 0 atom stereocenters. The second-order valence-corrected chi connectivity index (χ2v) is 5.91. The Kier molecular flexibility index (Phi) is 6.87. The van der Waals surface area contributed by atoms with Crippen LogP contribution in [-0.2, 0) is 11.3 Å². The molecule has 0 aliphatic heterocycles. The first-order chi connectivity index (χ1) is 11.1. The second-order valence-electron chi connectivity index (χ2n) is 5.91. The van der Waals surface area contributed by atoms with E-state index in [1.54, 1.807) is 24.3 Å². The van der Waals surface area contributed by atoms with Gasteiger partial charge in [-0.25, -0.2) is 4.79 Å². The minimum absolute atomic E-state index is 0.138. The summed E-state index contributed by atoms with van der Waals surface area (Å²) < 4.78 is 5.22. The normalized spacial score (nSPS) is 14.4. The number of hydrogen-bond donors (Lipinski definition) is 2. The quantitative estimate of drug-likeness (QED) is 0.757. The van der Waals surface area contributed by atoms with Crippen molar-refractivity contribution in [3.63, 3.8) is 0 Å². The van der Waals surface area contributed by atoms with Crippen LogP contribution in [0.5, 0.6) is 0 Å². The summed E-state index contributed by atoms with van der Waals surface area (Å²) in [7, 11) is 1.80. The van der Waals surface area contributed by atoms with Crippen molar-refractivity contribution >= 4 is 11.9 Å². The molecule has 6 heteroatoms. The summed E-state index contributed by atoms with van der Waals surface area (Å²) in [6.07, 6.45) is 9.48. The van der Waals surface area contributed by atoms with Crippen LogP contribution in [0.2, 0.25) is 0 Å². The molecule has 0 unspecified atom stereocenters. The van der Waals surface area contributed by atoms with Gasteiger partial charge in [-0.2, -0.15) is 0 Å². The van der Waals surface area contributed by atoms with Crippen molar-refractivity contribution in [2.45, 2.75) is 38.6 Å². The summed E-state index contributed by atoms with van der Waals surface area (Å²) in [6, 6.07) is 3.22. The Hall–Kier alpha value is -2.08. The zero-order chi connectivity index (χ0) is 16.5. The fourth-order valence-corrected chi connectivity index (χ4v) is 2.65. The number of allylic oxidation sites excluding steroid dienone is 1. The number of hydrogen-bond acceptors (Lipinski definition) is 4. The number of rotatable bonds is 7. The number of carbonyl (C=O) groups excluding carboxylic acids is 2. The summed E-state index contributed by atoms with van der Waals surface area (Å²) in [6.45, 7) is 1.22. The van der Waals surface area contributed by atoms with E-state index in [1.807, 2.05) is 6.07 Å². The molecular weight excluding hydrogens is 294 g/mol. The van der Waals surface area contributed by atoms with Crippen LogP contribution in [-0.4, -0.2) is 37.0 Å². The van der Waals surface area contributed by atoms with Crippen LogP contribution in [0.4, 0.5) is 4.79 Å². The molecule has 2 N–H and O–H groups in total. The van der Waals surface area contributed by atoms with Crippen LogP contribution in [0.15, 0.2) is 34.5 Å². The Bertz CT molecular complexity index is 537. The highest BCUT2D eigenvalue weighted by Gasteiger charge is 2.11. The van der Waals surface area contributed by atoms with Gasteiger partial charge in [-0.05, 0) is 51.3 Å². The van der Waals surface area contributed by atoms with E-state index in [4.69, 9.17) is 4.42 Å². The zero-order valence-electron chi connectivity index (χ0n) is 13.6. The minimum Gasteiger partial charge on any atom is -0.468 e. The smallest absolute Gasteiger partial charge is 0.321 e. The van der Waals surface area contributed by atoms with E-state index in [0.29, 0.717) is 13.1 Å². The Morgan fingerprint density at radius 3 is 2.91 bits per heavy atom. The second kappa shape index (κ2) is 9.15. The van der Waals surface area contributed by atoms with Crippen molar-refractivity contribution < 1.29 is 14.0 Å². The Balaban J connectivity index is 1.60. The maximum atomic E-state index is 11.8. The molecule has 0 fully saturated rings. The van der Waals surface area contributed by atoms with Gasteiger partial charge in [0.1, 0.15) is 5.76 Å². The summed E-state index contributed by atoms with van der Waals surface area (Å²) in [4.78, 5) is 25.3. The van der Waals surface area contributed by atoms with Crippen molar-refractivity contribution in [1.82, 2.24) is 15.5 Å². The first kappa shape index (κ1) is 17.3. The summed E-state index contributed by atoms with van der Waals surface area (Å²) in [5, 5.41) is 5.08. The van der Waals surface area contributed by atoms with Gasteiger partial charge in [-0.15, -0.1) is 0 Å². The molecule has 0 spiro atoms. The lowest BCUT2D eigenvalue weighted by Crippen LogP contribution is -2.43. The van der Waals surface area contributed by atoms with E-state index in [9.17, 15) is 9.59 Å². The molecule has 126 valence electrons. The van der Waals surface area contributed by atoms with E-state index >= 15 is 0 Å². The van der Waals surface area contributed by atoms with Gasteiger partial charge in [0.15, 0.2) is 0 Å². The lowest BCUT2D eigenvalue weighted by Gasteiger charge is -2.15. The Morgan fingerprint density at radius 1 is 1.35 bits per heavy atom. The average Bonchev–Trinajstić information content (AvgIpc) is 3.00. The highest BCUT2D eigenvalue weighted by Crippen LogP contribution is 2.19. The minimum atomic E-state index is -0.433. The van der Waals surface area contributed by atoms with Crippen molar-refractivity contribution in [1.29, 1.82) is 0 Å². The molecule has 0 saturated heterocycles. The lowest BCUT2D eigenvalue weighted by atomic mass is 9.97. The topological polar surface area (TPSA) is 74.6 Å². The highest BCUT2D eigenvalue weighted by atomic mass is 16.3. The first-order valence-corrected chi connectivity index (χ1v) is 8.10. The molecule has 3 amide bonds. The lowest BCUT2D eigenvalue weighted by molar-refractivity contribution is -0.121. The van der Waals surface area contributed by atoms with Gasteiger partial charge in [-0.1, -0.05) is 11.6 Å². The van der Waals surface area contributed by atoms with E-state index in [1.165, 1.54) is 18.4 Å². The number of furan rings is 1. The number of imide groups is 1. The third kappa shape index (κ3) is 6.69. The molecule has 1 aliphatic rings. The third-order valence-corrected chi connectivity index (χ3v) is 3.79. The molecule has 1 aromatic rings. The predicted octanol–water partition coefficient (Wildman–Crippen LogP) is 2.43. The molecule has 1 aliphatic carbocycles. The summed E-state index contributed by atoms with van der Waals surface area (Å²) in [5.74, 6) is 0.457. The van der Waals surface area contributed by atoms with Crippen LogP contribution in [0.25, 0.3) is 0 Å². The average molecular weight is 319 g/mol. The third-order valence-electron chi connectivity index (χ3n) is 3.79. The van der Waals surface area contributed by atoms with Crippen molar-refractivity contribution in [2.75, 3.05) is 20.1 Å². The number of likely N-dealkylation sites (N-methyl/N-ethyl adjacent to an activating group) is 1. The van der Waals surface area contributed by atoms with Crippen LogP contribution in [0, 0.1) is 0 Å². The van der Waals surface area contributed by atoms with Crippen molar-refractivity contribution in [3.05, 3.63) is 35.8 Å². The number of carbonyl (C=O) groups is 2. The van der Waals surface area contributed by atoms with Crippen molar-refractivity contribution in [3.8, 4) is 0 Å². The van der Waals surface area contributed by atoms with Gasteiger partial charge in [-0.3, -0.25) is 15.0 Å². The summed E-state index contributed by atoms with van der Waals surface area (Å²) in [5.41, 5.74) is 1.40. The Morgan fingerprint density at radius 2 is 2.22 bits per heavy atom. The number of nitrogens with zero attached hydrogens (tertiary/aromatic N) is 1. The van der Waals surface area contributed by atoms with Gasteiger partial charge in [0.25, 0.3) is 0 Å². The molecule has 0 aromatic carbocycles. The molecule has 23 heavy (non-hydrogen) atoms. The fourth-order valence-electron chi connectivity index (χ4n) is 2.65. The molecule has 2 rings (SSSR count). The van der Waals surface area contributed by atoms with Crippen LogP contribution < -0.4 is 10.6 Å². The Labute approximate surface area is 136 Å². The van der Waals surface area contributed by atoms with Gasteiger partial charge < -0.3 is 9.73 Å².